The Morgan fingerprint density at radius 3 is 2.79 bits per heavy atom. The van der Waals surface area contributed by atoms with Gasteiger partial charge >= 0.3 is 0 Å². The fourth-order valence-electron chi connectivity index (χ4n) is 1.42. The minimum absolute atomic E-state index is 0.168. The first-order valence-electron chi connectivity index (χ1n) is 5.06. The zero-order chi connectivity index (χ0) is 10.6. The van der Waals surface area contributed by atoms with Crippen molar-refractivity contribution < 1.29 is 9.50 Å². The summed E-state index contributed by atoms with van der Waals surface area (Å²) >= 11 is 0. The van der Waals surface area contributed by atoms with Gasteiger partial charge in [-0.2, -0.15) is 0 Å². The van der Waals surface area contributed by atoms with E-state index >= 15 is 0 Å². The van der Waals surface area contributed by atoms with Crippen LogP contribution in [-0.4, -0.2) is 11.2 Å². The highest BCUT2D eigenvalue weighted by Gasteiger charge is 2.05. The van der Waals surface area contributed by atoms with Crippen molar-refractivity contribution in [3.8, 4) is 0 Å². The molecule has 0 radical (unpaired) electrons. The van der Waals surface area contributed by atoms with E-state index in [1.165, 1.54) is 6.07 Å². The molecule has 1 aromatic rings. The number of hydrogen-bond donors (Lipinski definition) is 1. The molecule has 0 aliphatic carbocycles. The van der Waals surface area contributed by atoms with E-state index in [2.05, 4.69) is 0 Å². The molecule has 0 aliphatic heterocycles. The lowest BCUT2D eigenvalue weighted by molar-refractivity contribution is 0.160. The number of aliphatic hydroxyl groups is 1. The Labute approximate surface area is 84.6 Å². The van der Waals surface area contributed by atoms with E-state index in [0.717, 1.165) is 12.0 Å². The lowest BCUT2D eigenvalue weighted by atomic mass is 10.0. The summed E-state index contributed by atoms with van der Waals surface area (Å²) in [5, 5.41) is 9.36. The van der Waals surface area contributed by atoms with Crippen LogP contribution in [0.25, 0.3) is 0 Å². The third kappa shape index (κ3) is 3.11. The van der Waals surface area contributed by atoms with Gasteiger partial charge in [-0.3, -0.25) is 0 Å². The van der Waals surface area contributed by atoms with Gasteiger partial charge in [-0.15, -0.1) is 0 Å². The van der Waals surface area contributed by atoms with E-state index < -0.39 is 0 Å². The van der Waals surface area contributed by atoms with Crippen LogP contribution in [0, 0.1) is 12.7 Å². The van der Waals surface area contributed by atoms with Gasteiger partial charge in [-0.1, -0.05) is 24.6 Å². The van der Waals surface area contributed by atoms with Crippen molar-refractivity contribution in [2.75, 3.05) is 0 Å². The van der Waals surface area contributed by atoms with Crippen LogP contribution >= 0.6 is 0 Å². The normalized spacial score (nSPS) is 12.9. The summed E-state index contributed by atoms with van der Waals surface area (Å²) in [6.07, 6.45) is 1.67. The van der Waals surface area contributed by atoms with Gasteiger partial charge in [0.2, 0.25) is 0 Å². The number of aliphatic hydroxyl groups excluding tert-OH is 1. The summed E-state index contributed by atoms with van der Waals surface area (Å²) in [6.45, 7) is 3.87. The smallest absolute Gasteiger partial charge is 0.126 e. The van der Waals surface area contributed by atoms with Crippen molar-refractivity contribution in [1.82, 2.24) is 0 Å². The maximum atomic E-state index is 13.2. The first-order valence-corrected chi connectivity index (χ1v) is 5.06. The highest BCUT2D eigenvalue weighted by atomic mass is 19.1. The van der Waals surface area contributed by atoms with Crippen molar-refractivity contribution in [2.24, 2.45) is 0 Å². The zero-order valence-corrected chi connectivity index (χ0v) is 8.76. The van der Waals surface area contributed by atoms with Gasteiger partial charge in [0, 0.05) is 0 Å². The predicted octanol–water partition coefficient (Wildman–Crippen LogP) is 2.84. The van der Waals surface area contributed by atoms with Crippen LogP contribution in [0.4, 0.5) is 4.39 Å². The fourth-order valence-corrected chi connectivity index (χ4v) is 1.42. The molecule has 0 saturated heterocycles. The summed E-state index contributed by atoms with van der Waals surface area (Å²) in [4.78, 5) is 0. The lowest BCUT2D eigenvalue weighted by Gasteiger charge is -2.08. The van der Waals surface area contributed by atoms with Crippen molar-refractivity contribution in [1.29, 1.82) is 0 Å². The molecule has 0 spiro atoms. The van der Waals surface area contributed by atoms with Crippen molar-refractivity contribution in [2.45, 2.75) is 39.2 Å². The molecule has 0 aliphatic rings. The second kappa shape index (κ2) is 5.11. The predicted molar refractivity (Wildman–Crippen MR) is 55.8 cm³/mol. The Hall–Kier alpha value is -0.890. The van der Waals surface area contributed by atoms with Gasteiger partial charge in [0.25, 0.3) is 0 Å². The van der Waals surface area contributed by atoms with Gasteiger partial charge in [-0.25, -0.2) is 4.39 Å². The first kappa shape index (κ1) is 11.2. The summed E-state index contributed by atoms with van der Waals surface area (Å²) in [7, 11) is 0. The highest BCUT2D eigenvalue weighted by molar-refractivity contribution is 5.24. The molecule has 0 aromatic heterocycles. The van der Waals surface area contributed by atoms with E-state index in [9.17, 15) is 9.50 Å². The lowest BCUT2D eigenvalue weighted by Crippen LogP contribution is -2.06. The second-order valence-corrected chi connectivity index (χ2v) is 3.70. The average Bonchev–Trinajstić information content (AvgIpc) is 2.19. The standard InChI is InChI=1S/C12H17FO/c1-3-11(14)6-5-10-8-9(2)4-7-12(10)13/h4,7-8,11,14H,3,5-6H2,1-2H3. The molecule has 1 rings (SSSR count). The molecule has 0 heterocycles. The molecule has 1 aromatic carbocycles. The van der Waals surface area contributed by atoms with Crippen LogP contribution in [0.1, 0.15) is 30.9 Å². The quantitative estimate of drug-likeness (QED) is 0.785. The van der Waals surface area contributed by atoms with Crippen LogP contribution in [0.2, 0.25) is 0 Å². The Kier molecular flexibility index (Phi) is 4.08. The second-order valence-electron chi connectivity index (χ2n) is 3.70. The van der Waals surface area contributed by atoms with Gasteiger partial charge in [-0.05, 0) is 37.8 Å². The number of benzene rings is 1. The van der Waals surface area contributed by atoms with Crippen molar-refractivity contribution in [3.05, 3.63) is 35.1 Å². The largest absolute Gasteiger partial charge is 0.393 e. The van der Waals surface area contributed by atoms with Crippen LogP contribution in [-0.2, 0) is 6.42 Å². The topological polar surface area (TPSA) is 20.2 Å². The van der Waals surface area contributed by atoms with Crippen molar-refractivity contribution in [3.63, 3.8) is 0 Å². The Morgan fingerprint density at radius 1 is 1.43 bits per heavy atom. The van der Waals surface area contributed by atoms with E-state index in [0.29, 0.717) is 18.4 Å². The summed E-state index contributed by atoms with van der Waals surface area (Å²) in [5.74, 6) is -0.168. The van der Waals surface area contributed by atoms with Gasteiger partial charge in [0.05, 0.1) is 6.10 Å². The summed E-state index contributed by atoms with van der Waals surface area (Å²) in [6, 6.07) is 5.09. The molecule has 14 heavy (non-hydrogen) atoms. The number of rotatable bonds is 4. The molecular weight excluding hydrogens is 179 g/mol. The van der Waals surface area contributed by atoms with Crippen LogP contribution < -0.4 is 0 Å². The van der Waals surface area contributed by atoms with Crippen LogP contribution in [0.3, 0.4) is 0 Å². The van der Waals surface area contributed by atoms with Gasteiger partial charge in [0.1, 0.15) is 5.82 Å². The SMILES string of the molecule is CCC(O)CCc1cc(C)ccc1F. The summed E-state index contributed by atoms with van der Waals surface area (Å²) < 4.78 is 13.2. The molecule has 78 valence electrons. The number of halogens is 1. The van der Waals surface area contributed by atoms with Crippen molar-refractivity contribution >= 4 is 0 Å². The molecule has 1 N–H and O–H groups in total. The number of hydrogen-bond acceptors (Lipinski definition) is 1. The van der Waals surface area contributed by atoms with Gasteiger partial charge < -0.3 is 5.11 Å². The van der Waals surface area contributed by atoms with E-state index in [1.54, 1.807) is 6.07 Å². The minimum atomic E-state index is -0.310. The molecule has 1 unspecified atom stereocenters. The molecule has 1 atom stereocenters. The maximum Gasteiger partial charge on any atom is 0.126 e. The molecule has 0 saturated carbocycles. The first-order chi connectivity index (χ1) is 6.63. The third-order valence-electron chi connectivity index (χ3n) is 2.42. The summed E-state index contributed by atoms with van der Waals surface area (Å²) in [5.41, 5.74) is 1.77. The third-order valence-corrected chi connectivity index (χ3v) is 2.42. The minimum Gasteiger partial charge on any atom is -0.393 e. The van der Waals surface area contributed by atoms with Gasteiger partial charge in [0.15, 0.2) is 0 Å². The van der Waals surface area contributed by atoms with Crippen LogP contribution in [0.5, 0.6) is 0 Å². The molecule has 0 bridgehead atoms. The maximum absolute atomic E-state index is 13.2. The molecular formula is C12H17FO. The molecule has 2 heteroatoms. The Balaban J connectivity index is 2.62. The number of aryl methyl sites for hydroxylation is 2. The Bertz CT molecular complexity index is 296. The molecule has 0 amide bonds. The average molecular weight is 196 g/mol. The zero-order valence-electron chi connectivity index (χ0n) is 8.76. The molecule has 0 fully saturated rings. The highest BCUT2D eigenvalue weighted by Crippen LogP contribution is 2.13. The Morgan fingerprint density at radius 2 is 2.14 bits per heavy atom. The van der Waals surface area contributed by atoms with E-state index in [4.69, 9.17) is 0 Å². The van der Waals surface area contributed by atoms with Crippen LogP contribution in [0.15, 0.2) is 18.2 Å². The monoisotopic (exact) mass is 196 g/mol. The van der Waals surface area contributed by atoms with E-state index in [1.807, 2.05) is 19.9 Å². The molecule has 1 nitrogen and oxygen atoms in total. The van der Waals surface area contributed by atoms with E-state index in [-0.39, 0.29) is 11.9 Å². The fraction of sp³-hybridized carbons (Fsp3) is 0.500.